The van der Waals surface area contributed by atoms with Crippen molar-refractivity contribution in [2.75, 3.05) is 4.72 Å². The van der Waals surface area contributed by atoms with Crippen LogP contribution in [0.5, 0.6) is 0 Å². The maximum absolute atomic E-state index is 12.8. The van der Waals surface area contributed by atoms with Gasteiger partial charge in [-0.15, -0.1) is 0 Å². The predicted molar refractivity (Wildman–Crippen MR) is 98.5 cm³/mol. The van der Waals surface area contributed by atoms with Gasteiger partial charge in [0.05, 0.1) is 11.3 Å². The predicted octanol–water partition coefficient (Wildman–Crippen LogP) is 3.72. The molecule has 2 aromatic rings. The van der Waals surface area contributed by atoms with Gasteiger partial charge < -0.3 is 5.11 Å². The third-order valence-corrected chi connectivity index (χ3v) is 5.43. The molecule has 2 N–H and O–H groups in total. The van der Waals surface area contributed by atoms with Crippen LogP contribution in [0.2, 0.25) is 0 Å². The summed E-state index contributed by atoms with van der Waals surface area (Å²) >= 11 is 0. The Morgan fingerprint density at radius 2 is 1.68 bits per heavy atom. The van der Waals surface area contributed by atoms with E-state index < -0.39 is 16.0 Å². The smallest absolute Gasteiger partial charge is 0.307 e. The fraction of sp³-hybridized carbons (Fsp3) is 0.316. The Balaban J connectivity index is 2.32. The summed E-state index contributed by atoms with van der Waals surface area (Å²) in [6.45, 7) is 7.85. The van der Waals surface area contributed by atoms with E-state index in [-0.39, 0.29) is 16.7 Å². The molecule has 0 bridgehead atoms. The van der Waals surface area contributed by atoms with Gasteiger partial charge in [-0.2, -0.15) is 0 Å². The zero-order valence-corrected chi connectivity index (χ0v) is 15.6. The number of hydrogen-bond donors (Lipinski definition) is 2. The number of hydrogen-bond acceptors (Lipinski definition) is 3. The maximum atomic E-state index is 12.8. The zero-order chi connectivity index (χ0) is 18.8. The first-order valence-corrected chi connectivity index (χ1v) is 9.42. The van der Waals surface area contributed by atoms with Crippen LogP contribution in [0.4, 0.5) is 5.69 Å². The van der Waals surface area contributed by atoms with Gasteiger partial charge in [-0.25, -0.2) is 8.42 Å². The Labute approximate surface area is 148 Å². The van der Waals surface area contributed by atoms with E-state index in [1.54, 1.807) is 37.3 Å². The van der Waals surface area contributed by atoms with Gasteiger partial charge in [0, 0.05) is 5.69 Å². The Morgan fingerprint density at radius 3 is 2.20 bits per heavy atom. The molecule has 0 aliphatic carbocycles. The lowest BCUT2D eigenvalue weighted by Crippen LogP contribution is -2.17. The van der Waals surface area contributed by atoms with E-state index in [0.29, 0.717) is 16.8 Å². The summed E-state index contributed by atoms with van der Waals surface area (Å²) in [4.78, 5) is 11.0. The van der Waals surface area contributed by atoms with Crippen LogP contribution in [-0.4, -0.2) is 19.5 Å². The van der Waals surface area contributed by atoms with E-state index >= 15 is 0 Å². The van der Waals surface area contributed by atoms with E-state index in [1.807, 2.05) is 32.9 Å². The highest BCUT2D eigenvalue weighted by Gasteiger charge is 2.21. The lowest BCUT2D eigenvalue weighted by atomic mass is 9.87. The molecule has 0 aliphatic rings. The number of carboxylic acid groups (broad SMARTS) is 1. The van der Waals surface area contributed by atoms with Gasteiger partial charge >= 0.3 is 5.97 Å². The molecule has 0 aliphatic heterocycles. The molecule has 0 unspecified atom stereocenters. The molecule has 0 saturated carbocycles. The number of benzene rings is 2. The Bertz CT molecular complexity index is 879. The highest BCUT2D eigenvalue weighted by Crippen LogP contribution is 2.27. The van der Waals surface area contributed by atoms with Gasteiger partial charge in [0.1, 0.15) is 0 Å². The molecule has 6 heteroatoms. The first-order valence-electron chi connectivity index (χ1n) is 7.94. The van der Waals surface area contributed by atoms with Crippen molar-refractivity contribution in [2.45, 2.75) is 44.4 Å². The van der Waals surface area contributed by atoms with Gasteiger partial charge in [-0.1, -0.05) is 45.0 Å². The van der Waals surface area contributed by atoms with Crippen molar-refractivity contribution in [2.24, 2.45) is 0 Å². The Kier molecular flexibility index (Phi) is 5.23. The second-order valence-electron chi connectivity index (χ2n) is 7.10. The van der Waals surface area contributed by atoms with E-state index in [1.165, 1.54) is 0 Å². The minimum absolute atomic E-state index is 0.0975. The summed E-state index contributed by atoms with van der Waals surface area (Å²) in [5.41, 5.74) is 2.46. The number of anilines is 1. The molecule has 0 fully saturated rings. The van der Waals surface area contributed by atoms with Crippen molar-refractivity contribution < 1.29 is 18.3 Å². The zero-order valence-electron chi connectivity index (χ0n) is 14.8. The first kappa shape index (κ1) is 19.0. The van der Waals surface area contributed by atoms with Crippen LogP contribution < -0.4 is 4.72 Å². The van der Waals surface area contributed by atoms with Crippen LogP contribution >= 0.6 is 0 Å². The lowest BCUT2D eigenvalue weighted by Gasteiger charge is -2.21. The molecule has 25 heavy (non-hydrogen) atoms. The van der Waals surface area contributed by atoms with Crippen molar-refractivity contribution in [3.8, 4) is 0 Å². The second-order valence-corrected chi connectivity index (χ2v) is 8.75. The molecule has 5 nitrogen and oxygen atoms in total. The van der Waals surface area contributed by atoms with E-state index in [0.717, 1.165) is 5.56 Å². The molecule has 2 aromatic carbocycles. The molecule has 134 valence electrons. The minimum atomic E-state index is -3.73. The fourth-order valence-electron chi connectivity index (χ4n) is 2.43. The van der Waals surface area contributed by atoms with Gasteiger partial charge in [-0.05, 0) is 47.2 Å². The standard InChI is InChI=1S/C19H23NO4S/c1-13-5-8-15(19(2,3)4)12-17(13)25(23,24)20-16-9-6-14(7-10-16)11-18(21)22/h5-10,12,20H,11H2,1-4H3,(H,21,22). The second kappa shape index (κ2) is 6.88. The van der Waals surface area contributed by atoms with Gasteiger partial charge in [0.25, 0.3) is 10.0 Å². The quantitative estimate of drug-likeness (QED) is 0.850. The number of nitrogens with one attached hydrogen (secondary N) is 1. The first-order chi connectivity index (χ1) is 11.5. The molecule has 0 atom stereocenters. The third kappa shape index (κ3) is 4.82. The van der Waals surface area contributed by atoms with Crippen LogP contribution in [0, 0.1) is 6.92 Å². The summed E-state index contributed by atoms with van der Waals surface area (Å²) in [5.74, 6) is -0.928. The normalized spacial score (nSPS) is 12.0. The maximum Gasteiger partial charge on any atom is 0.307 e. The largest absolute Gasteiger partial charge is 0.481 e. The van der Waals surface area contributed by atoms with Gasteiger partial charge in [0.2, 0.25) is 0 Å². The van der Waals surface area contributed by atoms with Crippen LogP contribution in [0.3, 0.4) is 0 Å². The number of rotatable bonds is 5. The number of aryl methyl sites for hydroxylation is 1. The molecular weight excluding hydrogens is 338 g/mol. The monoisotopic (exact) mass is 361 g/mol. The van der Waals surface area contributed by atoms with Crippen molar-refractivity contribution in [3.63, 3.8) is 0 Å². The molecule has 0 heterocycles. The number of carbonyl (C=O) groups is 1. The summed E-state index contributed by atoms with van der Waals surface area (Å²) in [6.07, 6.45) is -0.0975. The SMILES string of the molecule is Cc1ccc(C(C)(C)C)cc1S(=O)(=O)Nc1ccc(CC(=O)O)cc1. The average molecular weight is 361 g/mol. The molecule has 0 radical (unpaired) electrons. The summed E-state index contributed by atoms with van der Waals surface area (Å²) in [6, 6.07) is 11.8. The number of sulfonamides is 1. The van der Waals surface area contributed by atoms with Crippen LogP contribution in [-0.2, 0) is 26.7 Å². The Hall–Kier alpha value is -2.34. The average Bonchev–Trinajstić information content (AvgIpc) is 2.47. The van der Waals surface area contributed by atoms with Crippen LogP contribution in [0.25, 0.3) is 0 Å². The third-order valence-electron chi connectivity index (χ3n) is 3.91. The molecule has 2 rings (SSSR count). The van der Waals surface area contributed by atoms with Crippen LogP contribution in [0.15, 0.2) is 47.4 Å². The number of carboxylic acids is 1. The topological polar surface area (TPSA) is 83.5 Å². The van der Waals surface area contributed by atoms with Crippen molar-refractivity contribution in [1.29, 1.82) is 0 Å². The van der Waals surface area contributed by atoms with Crippen molar-refractivity contribution in [1.82, 2.24) is 0 Å². The van der Waals surface area contributed by atoms with Gasteiger partial charge in [-0.3, -0.25) is 9.52 Å². The molecule has 0 spiro atoms. The minimum Gasteiger partial charge on any atom is -0.481 e. The molecular formula is C19H23NO4S. The summed E-state index contributed by atoms with van der Waals surface area (Å²) in [5, 5.41) is 8.78. The Morgan fingerprint density at radius 1 is 1.08 bits per heavy atom. The van der Waals surface area contributed by atoms with Crippen molar-refractivity contribution >= 4 is 21.7 Å². The van der Waals surface area contributed by atoms with E-state index in [9.17, 15) is 13.2 Å². The molecule has 0 aromatic heterocycles. The highest BCUT2D eigenvalue weighted by atomic mass is 32.2. The molecule has 0 saturated heterocycles. The fourth-order valence-corrected chi connectivity index (χ4v) is 3.76. The van der Waals surface area contributed by atoms with Gasteiger partial charge in [0.15, 0.2) is 0 Å². The van der Waals surface area contributed by atoms with Crippen LogP contribution in [0.1, 0.15) is 37.5 Å². The molecule has 0 amide bonds. The van der Waals surface area contributed by atoms with E-state index in [2.05, 4.69) is 4.72 Å². The summed E-state index contributed by atoms with van der Waals surface area (Å²) in [7, 11) is -3.73. The summed E-state index contributed by atoms with van der Waals surface area (Å²) < 4.78 is 28.1. The van der Waals surface area contributed by atoms with Crippen molar-refractivity contribution in [3.05, 3.63) is 59.2 Å². The highest BCUT2D eigenvalue weighted by molar-refractivity contribution is 7.92. The lowest BCUT2D eigenvalue weighted by molar-refractivity contribution is -0.136. The van der Waals surface area contributed by atoms with E-state index in [4.69, 9.17) is 5.11 Å². The number of aliphatic carboxylic acids is 1.